The van der Waals surface area contributed by atoms with Crippen LogP contribution < -0.4 is 19.6 Å². The number of rotatable bonds is 7. The number of ether oxygens (including phenoxy) is 2. The number of aromatic nitrogens is 1. The quantitative estimate of drug-likeness (QED) is 0.182. The molecule has 208 valence electrons. The molecule has 0 fully saturated rings. The van der Waals surface area contributed by atoms with Gasteiger partial charge in [-0.05, 0) is 36.8 Å². The molecule has 0 saturated heterocycles. The van der Waals surface area contributed by atoms with Crippen LogP contribution in [0.25, 0.3) is 11.8 Å². The summed E-state index contributed by atoms with van der Waals surface area (Å²) in [7, 11) is 1.52. The maximum atomic E-state index is 14.0. The Hall–Kier alpha value is -4.55. The number of esters is 1. The van der Waals surface area contributed by atoms with Crippen molar-refractivity contribution >= 4 is 50.7 Å². The van der Waals surface area contributed by atoms with Crippen LogP contribution in [0.2, 0.25) is 0 Å². The van der Waals surface area contributed by atoms with Gasteiger partial charge in [0, 0.05) is 21.7 Å². The number of methoxy groups -OCH3 is 1. The van der Waals surface area contributed by atoms with Crippen LogP contribution in [0.15, 0.2) is 86.6 Å². The molecule has 0 aliphatic carbocycles. The first kappa shape index (κ1) is 28.0. The van der Waals surface area contributed by atoms with Gasteiger partial charge >= 0.3 is 11.7 Å². The third kappa shape index (κ3) is 5.31. The zero-order valence-corrected chi connectivity index (χ0v) is 24.1. The largest absolute Gasteiger partial charge is 0.502 e. The smallest absolute Gasteiger partial charge is 0.338 e. The zero-order chi connectivity index (χ0) is 29.3. The van der Waals surface area contributed by atoms with E-state index >= 15 is 0 Å². The van der Waals surface area contributed by atoms with E-state index in [9.17, 15) is 24.8 Å². The third-order valence-corrected chi connectivity index (χ3v) is 7.79. The minimum atomic E-state index is -0.928. The van der Waals surface area contributed by atoms with Crippen LogP contribution in [0.4, 0.5) is 5.69 Å². The normalized spacial score (nSPS) is 14.8. The Morgan fingerprint density at radius 1 is 1.20 bits per heavy atom. The van der Waals surface area contributed by atoms with Crippen molar-refractivity contribution in [2.75, 3.05) is 13.7 Å². The van der Waals surface area contributed by atoms with Gasteiger partial charge in [-0.25, -0.2) is 9.79 Å². The van der Waals surface area contributed by atoms with Crippen LogP contribution in [0.5, 0.6) is 11.5 Å². The molecular formula is C29H22BrN3O7S. The number of carbonyl (C=O) groups excluding carboxylic acids is 1. The Labute approximate surface area is 245 Å². The summed E-state index contributed by atoms with van der Waals surface area (Å²) in [4.78, 5) is 43.3. The highest BCUT2D eigenvalue weighted by molar-refractivity contribution is 9.10. The number of nitro benzene ring substituents is 1. The molecule has 4 aromatic rings. The van der Waals surface area contributed by atoms with E-state index in [1.54, 1.807) is 31.2 Å². The van der Waals surface area contributed by atoms with Gasteiger partial charge in [0.2, 0.25) is 5.75 Å². The molecule has 1 aromatic heterocycles. The van der Waals surface area contributed by atoms with E-state index in [1.807, 2.05) is 30.3 Å². The molecule has 1 atom stereocenters. The second-order valence-electron chi connectivity index (χ2n) is 8.83. The van der Waals surface area contributed by atoms with E-state index in [1.165, 1.54) is 29.9 Å². The summed E-state index contributed by atoms with van der Waals surface area (Å²) in [5.74, 6) is -0.680. The van der Waals surface area contributed by atoms with E-state index in [2.05, 4.69) is 15.9 Å². The molecule has 0 radical (unpaired) electrons. The summed E-state index contributed by atoms with van der Waals surface area (Å²) in [6, 6.07) is 17.8. The molecule has 0 saturated carbocycles. The van der Waals surface area contributed by atoms with Gasteiger partial charge in [-0.1, -0.05) is 69.7 Å². The second-order valence-corrected chi connectivity index (χ2v) is 10.8. The highest BCUT2D eigenvalue weighted by Gasteiger charge is 2.35. The SMILES string of the molecule is CCOC(=O)C1=C(c2ccccc2)N=c2s/c(=C\c3cc(Br)cc([N+](=O)[O-])c3O)c(=O)n2[C@H]1c1cccc(OC)c1. The van der Waals surface area contributed by atoms with E-state index < -0.39 is 33.9 Å². The van der Waals surface area contributed by atoms with Crippen molar-refractivity contribution in [2.45, 2.75) is 13.0 Å². The number of thiazole rings is 1. The standard InChI is InChI=1S/C29H22BrN3O7S/c1-3-40-28(36)23-24(16-8-5-4-6-9-16)31-29-32(25(23)17-10-7-11-20(13-17)39-2)27(35)22(41-29)14-18-12-19(30)15-21(26(18)34)33(37)38/h4-15,25,34H,3H2,1-2H3/b22-14-/t25-/m0/s1. The first-order valence-corrected chi connectivity index (χ1v) is 13.9. The fourth-order valence-electron chi connectivity index (χ4n) is 4.56. The number of carbonyl (C=O) groups is 1. The van der Waals surface area contributed by atoms with Gasteiger partial charge in [0.05, 0.1) is 40.5 Å². The van der Waals surface area contributed by atoms with Gasteiger partial charge < -0.3 is 14.6 Å². The molecule has 1 aliphatic heterocycles. The maximum Gasteiger partial charge on any atom is 0.338 e. The van der Waals surface area contributed by atoms with Crippen molar-refractivity contribution in [3.63, 3.8) is 0 Å². The predicted octanol–water partition coefficient (Wildman–Crippen LogP) is 4.32. The monoisotopic (exact) mass is 635 g/mol. The van der Waals surface area contributed by atoms with Crippen LogP contribution in [-0.2, 0) is 9.53 Å². The molecule has 41 heavy (non-hydrogen) atoms. The lowest BCUT2D eigenvalue weighted by atomic mass is 9.93. The predicted molar refractivity (Wildman–Crippen MR) is 157 cm³/mol. The Kier molecular flexibility index (Phi) is 7.86. The fraction of sp³-hybridized carbons (Fsp3) is 0.138. The lowest BCUT2D eigenvalue weighted by molar-refractivity contribution is -0.385. The number of benzene rings is 3. The fourth-order valence-corrected chi connectivity index (χ4v) is 6.02. The summed E-state index contributed by atoms with van der Waals surface area (Å²) in [5.41, 5.74) is 0.825. The molecule has 3 aromatic carbocycles. The van der Waals surface area contributed by atoms with Crippen molar-refractivity contribution in [1.29, 1.82) is 0 Å². The van der Waals surface area contributed by atoms with Gasteiger partial charge in [0.15, 0.2) is 4.80 Å². The Morgan fingerprint density at radius 2 is 1.95 bits per heavy atom. The van der Waals surface area contributed by atoms with E-state index in [4.69, 9.17) is 14.5 Å². The van der Waals surface area contributed by atoms with Gasteiger partial charge in [-0.15, -0.1) is 0 Å². The van der Waals surface area contributed by atoms with Crippen molar-refractivity contribution in [3.05, 3.63) is 123 Å². The van der Waals surface area contributed by atoms with Crippen molar-refractivity contribution < 1.29 is 24.3 Å². The molecular weight excluding hydrogens is 614 g/mol. The summed E-state index contributed by atoms with van der Waals surface area (Å²) >= 11 is 4.26. The molecule has 1 N–H and O–H groups in total. The second kappa shape index (κ2) is 11.5. The first-order chi connectivity index (χ1) is 19.7. The van der Waals surface area contributed by atoms with Gasteiger partial charge in [-0.3, -0.25) is 19.5 Å². The molecule has 0 bridgehead atoms. The number of phenols is 1. The number of aromatic hydroxyl groups is 1. The number of hydrogen-bond acceptors (Lipinski definition) is 9. The number of fused-ring (bicyclic) bond motifs is 1. The summed E-state index contributed by atoms with van der Waals surface area (Å²) in [6.07, 6.45) is 1.37. The minimum absolute atomic E-state index is 0.0714. The molecule has 2 heterocycles. The Morgan fingerprint density at radius 3 is 2.63 bits per heavy atom. The minimum Gasteiger partial charge on any atom is -0.502 e. The lowest BCUT2D eigenvalue weighted by Crippen LogP contribution is -2.40. The molecule has 10 nitrogen and oxygen atoms in total. The number of halogens is 1. The number of nitrogens with zero attached hydrogens (tertiary/aromatic N) is 3. The van der Waals surface area contributed by atoms with Crippen molar-refractivity contribution in [2.24, 2.45) is 4.99 Å². The molecule has 12 heteroatoms. The van der Waals surface area contributed by atoms with E-state index in [-0.39, 0.29) is 22.3 Å². The lowest BCUT2D eigenvalue weighted by Gasteiger charge is -2.26. The average molecular weight is 636 g/mol. The van der Waals surface area contributed by atoms with Gasteiger partial charge in [0.1, 0.15) is 5.75 Å². The zero-order valence-electron chi connectivity index (χ0n) is 21.7. The summed E-state index contributed by atoms with van der Waals surface area (Å²) in [6.45, 7) is 1.81. The summed E-state index contributed by atoms with van der Waals surface area (Å²) < 4.78 is 12.8. The summed E-state index contributed by atoms with van der Waals surface area (Å²) in [5, 5.41) is 22.0. The number of hydrogen-bond donors (Lipinski definition) is 1. The van der Waals surface area contributed by atoms with Gasteiger partial charge in [0.25, 0.3) is 5.56 Å². The first-order valence-electron chi connectivity index (χ1n) is 12.3. The van der Waals surface area contributed by atoms with Crippen LogP contribution >= 0.6 is 27.3 Å². The van der Waals surface area contributed by atoms with Crippen LogP contribution in [-0.4, -0.2) is 34.3 Å². The maximum absolute atomic E-state index is 14.0. The highest BCUT2D eigenvalue weighted by Crippen LogP contribution is 2.37. The molecule has 5 rings (SSSR count). The Bertz CT molecular complexity index is 1900. The molecule has 0 amide bonds. The van der Waals surface area contributed by atoms with Gasteiger partial charge in [-0.2, -0.15) is 0 Å². The molecule has 1 aliphatic rings. The third-order valence-electron chi connectivity index (χ3n) is 6.35. The van der Waals surface area contributed by atoms with E-state index in [0.717, 1.165) is 11.3 Å². The molecule has 0 spiro atoms. The van der Waals surface area contributed by atoms with Crippen LogP contribution in [0.1, 0.15) is 29.7 Å². The number of phenolic OH excluding ortho intramolecular Hbond substituents is 1. The number of nitro groups is 1. The van der Waals surface area contributed by atoms with Crippen LogP contribution in [0, 0.1) is 10.1 Å². The van der Waals surface area contributed by atoms with Crippen LogP contribution in [0.3, 0.4) is 0 Å². The van der Waals surface area contributed by atoms with Crippen molar-refractivity contribution in [1.82, 2.24) is 4.57 Å². The average Bonchev–Trinajstić information content (AvgIpc) is 3.28. The molecule has 0 unspecified atom stereocenters. The topological polar surface area (TPSA) is 133 Å². The Balaban J connectivity index is 1.85. The highest BCUT2D eigenvalue weighted by atomic mass is 79.9. The van der Waals surface area contributed by atoms with Crippen molar-refractivity contribution in [3.8, 4) is 11.5 Å². The van der Waals surface area contributed by atoms with E-state index in [0.29, 0.717) is 31.8 Å².